The van der Waals surface area contributed by atoms with E-state index in [9.17, 15) is 14.3 Å². The second-order valence-electron chi connectivity index (χ2n) is 10.1. The zero-order chi connectivity index (χ0) is 26.1. The van der Waals surface area contributed by atoms with E-state index in [2.05, 4.69) is 19.9 Å². The summed E-state index contributed by atoms with van der Waals surface area (Å²) in [5.41, 5.74) is 1.64. The number of carboxylic acid groups (broad SMARTS) is 1. The third-order valence-corrected chi connectivity index (χ3v) is 7.35. The molecule has 2 fully saturated rings. The maximum Gasteiger partial charge on any atom is 0.354 e. The summed E-state index contributed by atoms with van der Waals surface area (Å²) in [5, 5.41) is 15.2. The van der Waals surface area contributed by atoms with Crippen LogP contribution in [0.1, 0.15) is 50.0 Å². The predicted octanol–water partition coefficient (Wildman–Crippen LogP) is 4.12. The summed E-state index contributed by atoms with van der Waals surface area (Å²) in [7, 11) is 1.79. The van der Waals surface area contributed by atoms with Crippen molar-refractivity contribution in [1.29, 1.82) is 0 Å². The second kappa shape index (κ2) is 10.6. The monoisotopic (exact) mass is 511 g/mol. The lowest BCUT2D eigenvalue weighted by Crippen LogP contribution is -2.48. The minimum absolute atomic E-state index is 0.0642. The number of nitrogens with zero attached hydrogens (tertiary/aromatic N) is 5. The molecule has 0 aliphatic carbocycles. The number of rotatable bonds is 7. The van der Waals surface area contributed by atoms with Gasteiger partial charge in [0.05, 0.1) is 23.6 Å². The van der Waals surface area contributed by atoms with E-state index < -0.39 is 5.97 Å². The third kappa shape index (κ3) is 5.26. The van der Waals surface area contributed by atoms with Crippen LogP contribution >= 0.6 is 0 Å². The Balaban J connectivity index is 1.50. The van der Waals surface area contributed by atoms with Crippen molar-refractivity contribution < 1.29 is 23.8 Å². The average Bonchev–Trinajstić information content (AvgIpc) is 3.26. The molecule has 0 bridgehead atoms. The molecule has 0 unspecified atom stereocenters. The van der Waals surface area contributed by atoms with Gasteiger partial charge in [-0.15, -0.1) is 5.10 Å². The number of halogens is 1. The molecule has 0 spiro atoms. The van der Waals surface area contributed by atoms with Gasteiger partial charge in [0.25, 0.3) is 0 Å². The molecule has 2 aromatic heterocycles. The summed E-state index contributed by atoms with van der Waals surface area (Å²) in [6, 6.07) is 7.99. The van der Waals surface area contributed by atoms with E-state index in [0.29, 0.717) is 34.7 Å². The third-order valence-electron chi connectivity index (χ3n) is 7.35. The second-order valence-corrected chi connectivity index (χ2v) is 10.1. The highest BCUT2D eigenvalue weighted by Crippen LogP contribution is 2.38. The maximum absolute atomic E-state index is 13.6. The Bertz CT molecular complexity index is 1250. The number of piperidine rings is 2. The van der Waals surface area contributed by atoms with Gasteiger partial charge >= 0.3 is 5.97 Å². The van der Waals surface area contributed by atoms with Gasteiger partial charge in [-0.05, 0) is 69.9 Å². The van der Waals surface area contributed by atoms with Gasteiger partial charge < -0.3 is 24.4 Å². The number of ether oxygens (including phenoxy) is 2. The molecule has 1 N–H and O–H groups in total. The summed E-state index contributed by atoms with van der Waals surface area (Å²) >= 11 is 0. The molecular formula is C27H34FN5O4. The molecule has 198 valence electrons. The van der Waals surface area contributed by atoms with E-state index in [-0.39, 0.29) is 17.6 Å². The highest BCUT2D eigenvalue weighted by atomic mass is 19.1. The molecule has 0 radical (unpaired) electrons. The highest BCUT2D eigenvalue weighted by Gasteiger charge is 2.31. The lowest BCUT2D eigenvalue weighted by atomic mass is 9.98. The van der Waals surface area contributed by atoms with Crippen LogP contribution in [0, 0.1) is 5.82 Å². The first-order valence-electron chi connectivity index (χ1n) is 13.0. The zero-order valence-electron chi connectivity index (χ0n) is 21.6. The fraction of sp³-hybridized carbons (Fsp3) is 0.519. The zero-order valence-corrected chi connectivity index (χ0v) is 21.6. The van der Waals surface area contributed by atoms with Crippen LogP contribution in [-0.4, -0.2) is 82.3 Å². The van der Waals surface area contributed by atoms with Crippen LogP contribution in [0.5, 0.6) is 5.88 Å². The number of pyridine rings is 1. The molecule has 0 amide bonds. The smallest absolute Gasteiger partial charge is 0.354 e. The largest absolute Gasteiger partial charge is 0.477 e. The van der Waals surface area contributed by atoms with Crippen molar-refractivity contribution in [3.05, 3.63) is 41.8 Å². The highest BCUT2D eigenvalue weighted by molar-refractivity contribution is 5.99. The molecule has 2 aliphatic heterocycles. The van der Waals surface area contributed by atoms with E-state index in [4.69, 9.17) is 9.47 Å². The minimum Gasteiger partial charge on any atom is -0.477 e. The quantitative estimate of drug-likeness (QED) is 0.506. The van der Waals surface area contributed by atoms with Crippen LogP contribution in [-0.2, 0) is 4.74 Å². The number of hydrogen-bond donors (Lipinski definition) is 1. The number of methoxy groups -OCH3 is 1. The molecule has 37 heavy (non-hydrogen) atoms. The van der Waals surface area contributed by atoms with E-state index in [1.165, 1.54) is 16.8 Å². The SMILES string of the molecule is COC1CCN(C2CCN(c3cc(C(=O)O)nc4c3c(OC(C)C)nn4-c3ccc(F)cc3)CC2)CC1. The lowest BCUT2D eigenvalue weighted by Gasteiger charge is -2.42. The van der Waals surface area contributed by atoms with Gasteiger partial charge in [-0.2, -0.15) is 0 Å². The Morgan fingerprint density at radius 2 is 1.76 bits per heavy atom. The number of hydrogen-bond acceptors (Lipinski definition) is 7. The summed E-state index contributed by atoms with van der Waals surface area (Å²) < 4.78 is 26.8. The standard InChI is InChI=1S/C27H34FN5O4/c1-17(2)37-26-24-23(32-12-8-19(9-13-32)31-14-10-21(36-3)11-15-31)16-22(27(34)35)29-25(24)33(30-26)20-6-4-18(28)5-7-20/h4-7,16-17,19,21H,8-15H2,1-3H3,(H,34,35). The van der Waals surface area contributed by atoms with E-state index >= 15 is 0 Å². The molecule has 3 aromatic rings. The fourth-order valence-electron chi connectivity index (χ4n) is 5.44. The van der Waals surface area contributed by atoms with Crippen LogP contribution < -0.4 is 9.64 Å². The molecule has 5 rings (SSSR count). The van der Waals surface area contributed by atoms with Gasteiger partial charge in [-0.1, -0.05) is 0 Å². The van der Waals surface area contributed by atoms with E-state index in [1.807, 2.05) is 13.8 Å². The van der Waals surface area contributed by atoms with E-state index in [0.717, 1.165) is 57.5 Å². The number of carboxylic acids is 1. The molecular weight excluding hydrogens is 477 g/mol. The van der Waals surface area contributed by atoms with Gasteiger partial charge in [-0.25, -0.2) is 18.9 Å². The topological polar surface area (TPSA) is 93.0 Å². The Morgan fingerprint density at radius 1 is 1.08 bits per heavy atom. The van der Waals surface area contributed by atoms with E-state index in [1.54, 1.807) is 25.3 Å². The Hall–Kier alpha value is -3.24. The fourth-order valence-corrected chi connectivity index (χ4v) is 5.44. The van der Waals surface area contributed by atoms with Crippen LogP contribution in [0.25, 0.3) is 16.7 Å². The average molecular weight is 512 g/mol. The first-order chi connectivity index (χ1) is 17.8. The van der Waals surface area contributed by atoms with Gasteiger partial charge in [0.15, 0.2) is 11.3 Å². The predicted molar refractivity (Wildman–Crippen MR) is 138 cm³/mol. The Morgan fingerprint density at radius 3 is 2.35 bits per heavy atom. The van der Waals surface area contributed by atoms with Crippen LogP contribution in [0.4, 0.5) is 10.1 Å². The number of benzene rings is 1. The first-order valence-corrected chi connectivity index (χ1v) is 13.0. The normalized spacial score (nSPS) is 18.1. The lowest BCUT2D eigenvalue weighted by molar-refractivity contribution is 0.0233. The molecule has 0 atom stereocenters. The van der Waals surface area contributed by atoms with Gasteiger partial charge in [-0.3, -0.25) is 0 Å². The molecule has 9 nitrogen and oxygen atoms in total. The molecule has 1 aromatic carbocycles. The number of likely N-dealkylation sites (tertiary alicyclic amines) is 1. The Labute approximate surface area is 215 Å². The van der Waals surface area contributed by atoms with Gasteiger partial charge in [0, 0.05) is 39.3 Å². The first kappa shape index (κ1) is 25.4. The summed E-state index contributed by atoms with van der Waals surface area (Å²) in [4.78, 5) is 21.3. The van der Waals surface area contributed by atoms with Crippen molar-refractivity contribution in [3.63, 3.8) is 0 Å². The van der Waals surface area contributed by atoms with Crippen LogP contribution in [0.3, 0.4) is 0 Å². The van der Waals surface area contributed by atoms with Crippen molar-refractivity contribution in [2.45, 2.75) is 57.8 Å². The van der Waals surface area contributed by atoms with Crippen molar-refractivity contribution in [3.8, 4) is 11.6 Å². The molecule has 2 saturated heterocycles. The molecule has 4 heterocycles. The summed E-state index contributed by atoms with van der Waals surface area (Å²) in [5.74, 6) is -1.09. The maximum atomic E-state index is 13.6. The number of aromatic nitrogens is 3. The summed E-state index contributed by atoms with van der Waals surface area (Å²) in [6.45, 7) is 7.50. The number of fused-ring (bicyclic) bond motifs is 1. The Kier molecular flexibility index (Phi) is 7.30. The molecule has 2 aliphatic rings. The van der Waals surface area contributed by atoms with Gasteiger partial charge in [0.1, 0.15) is 11.2 Å². The summed E-state index contributed by atoms with van der Waals surface area (Å²) in [6.07, 6.45) is 4.29. The van der Waals surface area contributed by atoms with Crippen LogP contribution in [0.15, 0.2) is 30.3 Å². The van der Waals surface area contributed by atoms with Crippen molar-refractivity contribution in [1.82, 2.24) is 19.7 Å². The molecule has 10 heteroatoms. The number of carbonyl (C=O) groups is 1. The number of anilines is 1. The van der Waals surface area contributed by atoms with Crippen molar-refractivity contribution >= 4 is 22.7 Å². The van der Waals surface area contributed by atoms with Crippen molar-refractivity contribution in [2.75, 3.05) is 38.2 Å². The van der Waals surface area contributed by atoms with Crippen LogP contribution in [0.2, 0.25) is 0 Å². The molecule has 0 saturated carbocycles. The minimum atomic E-state index is -1.11. The van der Waals surface area contributed by atoms with Gasteiger partial charge in [0.2, 0.25) is 5.88 Å². The van der Waals surface area contributed by atoms with Crippen molar-refractivity contribution in [2.24, 2.45) is 0 Å². The number of aromatic carboxylic acids is 1.